The summed E-state index contributed by atoms with van der Waals surface area (Å²) in [5.41, 5.74) is 2.57. The maximum Gasteiger partial charge on any atom is 0.335 e. The Balaban J connectivity index is 1.46. The van der Waals surface area contributed by atoms with Crippen molar-refractivity contribution in [3.05, 3.63) is 47.5 Å². The number of hydroxylamine groups is 2. The molecule has 2 bridgehead atoms. The highest BCUT2D eigenvalue weighted by Gasteiger charge is 2.57. The fourth-order valence-corrected chi connectivity index (χ4v) is 8.98. The Morgan fingerprint density at radius 1 is 1.20 bits per heavy atom. The second-order valence-corrected chi connectivity index (χ2v) is 17.1. The van der Waals surface area contributed by atoms with Gasteiger partial charge in [-0.1, -0.05) is 39.0 Å². The third kappa shape index (κ3) is 7.46. The van der Waals surface area contributed by atoms with Gasteiger partial charge in [-0.15, -0.1) is 0 Å². The van der Waals surface area contributed by atoms with Crippen LogP contribution < -0.4 is 15.0 Å². The lowest BCUT2D eigenvalue weighted by molar-refractivity contribution is -0.183. The van der Waals surface area contributed by atoms with Crippen LogP contribution in [0.1, 0.15) is 56.5 Å². The number of hydrogen-bond donors (Lipinski definition) is 4. The number of benzene rings is 2. The molecule has 3 aliphatic carbocycles. The Kier molecular flexibility index (Phi) is 10.7. The number of carbonyl (C=O) groups excluding carboxylic acids is 1. The molecule has 4 N–H and O–H groups in total. The predicted octanol–water partition coefficient (Wildman–Crippen LogP) is 3.20. The molecule has 8 atom stereocenters. The number of sulfone groups is 1. The number of nitrogens with one attached hydrogen (secondary N) is 1. The van der Waals surface area contributed by atoms with E-state index in [1.165, 1.54) is 30.7 Å². The molecular formula is C36H51N3O9S. The summed E-state index contributed by atoms with van der Waals surface area (Å²) in [4.78, 5) is 34.1. The van der Waals surface area contributed by atoms with Crippen LogP contribution in [-0.4, -0.2) is 104 Å². The molecule has 0 aromatic heterocycles. The summed E-state index contributed by atoms with van der Waals surface area (Å²) < 4.78 is 29.5. The number of methoxy groups -OCH3 is 1. The number of amides is 1. The summed E-state index contributed by atoms with van der Waals surface area (Å²) in [6.45, 7) is 8.27. The number of hydrogen-bond acceptors (Lipinski definition) is 10. The Morgan fingerprint density at radius 2 is 1.92 bits per heavy atom. The molecular weight excluding hydrogens is 650 g/mol. The van der Waals surface area contributed by atoms with Crippen molar-refractivity contribution < 1.29 is 42.9 Å². The molecule has 1 saturated heterocycles. The van der Waals surface area contributed by atoms with E-state index in [9.17, 15) is 33.3 Å². The number of aromatic carboxylic acids is 1. The van der Waals surface area contributed by atoms with Gasteiger partial charge in [0.25, 0.3) is 0 Å². The molecule has 49 heavy (non-hydrogen) atoms. The summed E-state index contributed by atoms with van der Waals surface area (Å²) >= 11 is 0. The minimum atomic E-state index is -3.24. The highest BCUT2D eigenvalue weighted by molar-refractivity contribution is 7.90. The lowest BCUT2D eigenvalue weighted by atomic mass is 9.45. The highest BCUT2D eigenvalue weighted by Crippen LogP contribution is 2.61. The van der Waals surface area contributed by atoms with Crippen LogP contribution in [0.2, 0.25) is 0 Å². The maximum absolute atomic E-state index is 14.1. The van der Waals surface area contributed by atoms with Gasteiger partial charge in [0.1, 0.15) is 27.7 Å². The largest absolute Gasteiger partial charge is 0.496 e. The van der Waals surface area contributed by atoms with Crippen LogP contribution in [-0.2, 0) is 26.0 Å². The van der Waals surface area contributed by atoms with E-state index in [1.54, 1.807) is 37.1 Å². The van der Waals surface area contributed by atoms with E-state index in [4.69, 9.17) is 9.57 Å². The Bertz CT molecular complexity index is 1660. The van der Waals surface area contributed by atoms with E-state index in [0.717, 1.165) is 12.7 Å². The number of aliphatic hydroxyl groups excluding tert-OH is 2. The first-order valence-electron chi connectivity index (χ1n) is 16.9. The standard InChI is InChI=1S/C36H51N3O9S/c1-20-28-16-25(36(28,3)4)17-29(20)37-34(42)32-31(21(2)41)30(19-40)48-39(32)18-22-9-8-10-27(33(22)47-6)23-13-24(35(43)44)15-26(14-23)38(5)11-12-49(7,45)46/h8-10,13-15,20-21,25,28-32,40-41H,11-12,16-19H2,1-7H3,(H,37,42)(H,43,44)/t20-,21-,25+,28-,29-,30-,31?,32-/m0/s1. The average Bonchev–Trinajstić information content (AvgIpc) is 3.42. The molecule has 13 heteroatoms. The second kappa shape index (κ2) is 14.2. The van der Waals surface area contributed by atoms with Crippen molar-refractivity contribution in [3.63, 3.8) is 0 Å². The number of fused-ring (bicyclic) bond motifs is 2. The first-order chi connectivity index (χ1) is 23.0. The van der Waals surface area contributed by atoms with Crippen LogP contribution in [0.25, 0.3) is 11.1 Å². The van der Waals surface area contributed by atoms with Gasteiger partial charge in [0.2, 0.25) is 5.91 Å². The van der Waals surface area contributed by atoms with Gasteiger partial charge in [0.05, 0.1) is 37.7 Å². The average molecular weight is 702 g/mol. The number of ether oxygens (including phenoxy) is 1. The third-order valence-corrected chi connectivity index (χ3v) is 12.3. The summed E-state index contributed by atoms with van der Waals surface area (Å²) in [5, 5.41) is 35.8. The van der Waals surface area contributed by atoms with Crippen LogP contribution in [0, 0.1) is 29.1 Å². The smallest absolute Gasteiger partial charge is 0.335 e. The van der Waals surface area contributed by atoms with Crippen LogP contribution in [0.4, 0.5) is 5.69 Å². The van der Waals surface area contributed by atoms with Crippen molar-refractivity contribution in [2.75, 3.05) is 44.2 Å². The highest BCUT2D eigenvalue weighted by atomic mass is 32.2. The van der Waals surface area contributed by atoms with Crippen molar-refractivity contribution in [2.24, 2.45) is 29.1 Å². The molecule has 12 nitrogen and oxygen atoms in total. The molecule has 0 spiro atoms. The lowest BCUT2D eigenvalue weighted by Crippen LogP contribution is -2.62. The number of anilines is 1. The van der Waals surface area contributed by atoms with Gasteiger partial charge < -0.3 is 30.3 Å². The lowest BCUT2D eigenvalue weighted by Gasteiger charge is -2.62. The van der Waals surface area contributed by atoms with E-state index in [0.29, 0.717) is 45.9 Å². The fraction of sp³-hybridized carbons (Fsp3) is 0.611. The molecule has 1 aliphatic heterocycles. The van der Waals surface area contributed by atoms with Crippen LogP contribution in [0.15, 0.2) is 36.4 Å². The number of aliphatic hydroxyl groups is 2. The van der Waals surface area contributed by atoms with Crippen LogP contribution >= 0.6 is 0 Å². The number of nitrogens with zero attached hydrogens (tertiary/aromatic N) is 2. The van der Waals surface area contributed by atoms with Crippen molar-refractivity contribution in [1.82, 2.24) is 10.4 Å². The zero-order valence-corrected chi connectivity index (χ0v) is 30.2. The van der Waals surface area contributed by atoms with Gasteiger partial charge in [-0.25, -0.2) is 13.2 Å². The molecule has 4 aliphatic rings. The molecule has 270 valence electrons. The van der Waals surface area contributed by atoms with Crippen LogP contribution in [0.3, 0.4) is 0 Å². The monoisotopic (exact) mass is 701 g/mol. The quantitative estimate of drug-likeness (QED) is 0.242. The molecule has 1 heterocycles. The number of rotatable bonds is 13. The zero-order chi connectivity index (χ0) is 36.0. The molecule has 1 amide bonds. The van der Waals surface area contributed by atoms with Crippen LogP contribution in [0.5, 0.6) is 5.75 Å². The van der Waals surface area contributed by atoms with E-state index in [1.807, 2.05) is 6.07 Å². The first-order valence-corrected chi connectivity index (χ1v) is 19.0. The number of carboxylic acids is 1. The minimum Gasteiger partial charge on any atom is -0.496 e. The topological polar surface area (TPSA) is 166 Å². The number of carboxylic acid groups (broad SMARTS) is 1. The zero-order valence-electron chi connectivity index (χ0n) is 29.4. The molecule has 2 aromatic carbocycles. The van der Waals surface area contributed by atoms with Gasteiger partial charge in [0, 0.05) is 48.6 Å². The summed E-state index contributed by atoms with van der Waals surface area (Å²) in [6.07, 6.45) is 1.47. The number of para-hydroxylation sites is 1. The second-order valence-electron chi connectivity index (χ2n) is 14.9. The van der Waals surface area contributed by atoms with Gasteiger partial charge in [0.15, 0.2) is 0 Å². The van der Waals surface area contributed by atoms with Gasteiger partial charge in [-0.05, 0) is 66.7 Å². The maximum atomic E-state index is 14.1. The summed E-state index contributed by atoms with van der Waals surface area (Å²) in [7, 11) is -0.0349. The SMILES string of the molecule is COc1c(CN2O[C@@H](CO)C([C@H](C)O)[C@H]2C(=O)N[C@H]2C[C@H]3C[C@@H]([C@@H]2C)C3(C)C)cccc1-c1cc(C(=O)O)cc(N(C)CCS(C)(=O)=O)c1. The minimum absolute atomic E-state index is 0.00177. The Hall–Kier alpha value is -3.23. The van der Waals surface area contributed by atoms with Crippen molar-refractivity contribution in [1.29, 1.82) is 0 Å². The van der Waals surface area contributed by atoms with Gasteiger partial charge >= 0.3 is 5.97 Å². The van der Waals surface area contributed by atoms with Crippen molar-refractivity contribution in [3.8, 4) is 16.9 Å². The molecule has 2 aromatic rings. The number of carbonyl (C=O) groups is 2. The van der Waals surface area contributed by atoms with E-state index in [2.05, 4.69) is 26.1 Å². The summed E-state index contributed by atoms with van der Waals surface area (Å²) in [5.74, 6) is -0.391. The molecule has 0 radical (unpaired) electrons. The third-order valence-electron chi connectivity index (χ3n) is 11.4. The predicted molar refractivity (Wildman–Crippen MR) is 186 cm³/mol. The molecule has 6 rings (SSSR count). The van der Waals surface area contributed by atoms with E-state index in [-0.39, 0.29) is 48.4 Å². The van der Waals surface area contributed by atoms with E-state index >= 15 is 0 Å². The van der Waals surface area contributed by atoms with Gasteiger partial charge in [-0.2, -0.15) is 5.06 Å². The Labute approximate surface area is 289 Å². The van der Waals surface area contributed by atoms with Crippen molar-refractivity contribution >= 4 is 27.4 Å². The normalized spacial score (nSPS) is 28.4. The molecule has 3 saturated carbocycles. The summed E-state index contributed by atoms with van der Waals surface area (Å²) in [6, 6.07) is 9.33. The van der Waals surface area contributed by atoms with Gasteiger partial charge in [-0.3, -0.25) is 9.63 Å². The van der Waals surface area contributed by atoms with Crippen molar-refractivity contribution in [2.45, 2.75) is 71.4 Å². The first kappa shape index (κ1) is 37.0. The fourth-order valence-electron chi connectivity index (χ4n) is 8.37. The van der Waals surface area contributed by atoms with E-state index < -0.39 is 40.0 Å². The molecule has 1 unspecified atom stereocenters. The molecule has 4 fully saturated rings. The Morgan fingerprint density at radius 3 is 2.49 bits per heavy atom.